The van der Waals surface area contributed by atoms with Gasteiger partial charge in [-0.05, 0) is 72.7 Å². The highest BCUT2D eigenvalue weighted by Crippen LogP contribution is 2.42. The highest BCUT2D eigenvalue weighted by Gasteiger charge is 2.44. The van der Waals surface area contributed by atoms with E-state index in [0.717, 1.165) is 38.8 Å². The van der Waals surface area contributed by atoms with E-state index < -0.39 is 23.9 Å². The molecule has 0 aliphatic carbocycles. The molecule has 0 aromatic heterocycles. The summed E-state index contributed by atoms with van der Waals surface area (Å²) in [4.78, 5) is 2.15. The first-order chi connectivity index (χ1) is 12.9. The normalized spacial score (nSPS) is 21.5. The summed E-state index contributed by atoms with van der Waals surface area (Å²) < 4.78 is 50.9. The average Bonchev–Trinajstić information content (AvgIpc) is 2.80. The minimum absolute atomic E-state index is 0.123. The fourth-order valence-electron chi connectivity index (χ4n) is 4.46. The van der Waals surface area contributed by atoms with Crippen molar-refractivity contribution < 1.29 is 16.8 Å². The standard InChI is InChI=1S/C20H19NO4S2/c22-26(23)17-7-1-2-8-18(17)27(24,25)19(26)13-14-11-15-5-3-9-21-10-4-6-16(12-14)20(15)21/h1-2,7-8,11-13H,3-6,9-10H2. The van der Waals surface area contributed by atoms with E-state index >= 15 is 0 Å². The molecule has 0 unspecified atom stereocenters. The fraction of sp³-hybridized carbons (Fsp3) is 0.300. The first kappa shape index (κ1) is 17.0. The molecule has 3 aliphatic heterocycles. The number of aryl methyl sites for hydroxylation is 2. The molecule has 0 atom stereocenters. The number of sulfone groups is 2. The third-order valence-corrected chi connectivity index (χ3v) is 10.2. The van der Waals surface area contributed by atoms with Crippen molar-refractivity contribution in [1.82, 2.24) is 0 Å². The number of hydrogen-bond donors (Lipinski definition) is 0. The molecule has 0 spiro atoms. The largest absolute Gasteiger partial charge is 0.371 e. The summed E-state index contributed by atoms with van der Waals surface area (Å²) in [6, 6.07) is 9.72. The molecule has 5 nitrogen and oxygen atoms in total. The third-order valence-electron chi connectivity index (χ3n) is 5.60. The van der Waals surface area contributed by atoms with Gasteiger partial charge in [-0.15, -0.1) is 0 Å². The highest BCUT2D eigenvalue weighted by atomic mass is 32.3. The van der Waals surface area contributed by atoms with Gasteiger partial charge in [0.2, 0.25) is 19.7 Å². The lowest BCUT2D eigenvalue weighted by Crippen LogP contribution is -2.34. The van der Waals surface area contributed by atoms with E-state index in [-0.39, 0.29) is 9.79 Å². The zero-order valence-corrected chi connectivity index (χ0v) is 16.3. The second kappa shape index (κ2) is 5.69. The van der Waals surface area contributed by atoms with E-state index in [9.17, 15) is 16.8 Å². The number of rotatable bonds is 1. The monoisotopic (exact) mass is 401 g/mol. The van der Waals surface area contributed by atoms with Crippen LogP contribution < -0.4 is 4.90 Å². The predicted molar refractivity (Wildman–Crippen MR) is 104 cm³/mol. The minimum atomic E-state index is -4.03. The molecular formula is C20H19NO4S2. The lowest BCUT2D eigenvalue weighted by Gasteiger charge is -2.37. The Bertz CT molecular complexity index is 1120. The summed E-state index contributed by atoms with van der Waals surface area (Å²) >= 11 is 0. The zero-order chi connectivity index (χ0) is 18.8. The second-order valence-electron chi connectivity index (χ2n) is 7.30. The van der Waals surface area contributed by atoms with Crippen LogP contribution in [0.1, 0.15) is 29.5 Å². The van der Waals surface area contributed by atoms with E-state index in [0.29, 0.717) is 5.56 Å². The average molecular weight is 402 g/mol. The molecule has 140 valence electrons. The van der Waals surface area contributed by atoms with E-state index in [4.69, 9.17) is 0 Å². The number of hydrogen-bond acceptors (Lipinski definition) is 5. The Morgan fingerprint density at radius 2 is 1.33 bits per heavy atom. The Kier molecular flexibility index (Phi) is 3.58. The quantitative estimate of drug-likeness (QED) is 0.735. The van der Waals surface area contributed by atoms with Crippen LogP contribution in [0.15, 0.2) is 50.4 Å². The Morgan fingerprint density at radius 3 is 1.85 bits per heavy atom. The molecule has 3 aliphatic rings. The summed E-state index contributed by atoms with van der Waals surface area (Å²) in [6.07, 6.45) is 5.35. The number of benzene rings is 2. The summed E-state index contributed by atoms with van der Waals surface area (Å²) in [5.41, 5.74) is 4.31. The summed E-state index contributed by atoms with van der Waals surface area (Å²) in [7, 11) is -8.05. The molecule has 0 N–H and O–H groups in total. The molecule has 3 heterocycles. The molecule has 0 radical (unpaired) electrons. The van der Waals surface area contributed by atoms with Gasteiger partial charge in [0.15, 0.2) is 4.24 Å². The van der Waals surface area contributed by atoms with Gasteiger partial charge in [-0.25, -0.2) is 16.8 Å². The van der Waals surface area contributed by atoms with Crippen molar-refractivity contribution in [3.05, 3.63) is 57.3 Å². The van der Waals surface area contributed by atoms with Gasteiger partial charge in [-0.2, -0.15) is 0 Å². The third kappa shape index (κ3) is 2.41. The van der Waals surface area contributed by atoms with Crippen LogP contribution in [0, 0.1) is 0 Å². The van der Waals surface area contributed by atoms with Crippen LogP contribution in [0.2, 0.25) is 0 Å². The maximum Gasteiger partial charge on any atom is 0.219 e. The lowest BCUT2D eigenvalue weighted by molar-refractivity contribution is 0.603. The molecule has 0 bridgehead atoms. The number of fused-ring (bicyclic) bond motifs is 1. The predicted octanol–water partition coefficient (Wildman–Crippen LogP) is 2.95. The number of anilines is 1. The van der Waals surface area contributed by atoms with Crippen LogP contribution >= 0.6 is 0 Å². The van der Waals surface area contributed by atoms with E-state index in [1.54, 1.807) is 12.1 Å². The summed E-state index contributed by atoms with van der Waals surface area (Å²) in [6.45, 7) is 2.11. The fourth-order valence-corrected chi connectivity index (χ4v) is 9.01. The minimum Gasteiger partial charge on any atom is -0.371 e. The molecule has 0 saturated heterocycles. The smallest absolute Gasteiger partial charge is 0.219 e. The highest BCUT2D eigenvalue weighted by molar-refractivity contribution is 8.17. The molecule has 27 heavy (non-hydrogen) atoms. The Morgan fingerprint density at radius 1 is 0.815 bits per heavy atom. The van der Waals surface area contributed by atoms with Gasteiger partial charge in [-0.1, -0.05) is 12.1 Å². The van der Waals surface area contributed by atoms with Crippen molar-refractivity contribution >= 4 is 31.4 Å². The SMILES string of the molecule is O=S1(=O)C(=Cc2cc3c4c(c2)CCCN4CCC3)S(=O)(=O)c2ccccc21. The molecular weight excluding hydrogens is 382 g/mol. The molecule has 0 fully saturated rings. The van der Waals surface area contributed by atoms with Gasteiger partial charge in [0.25, 0.3) is 0 Å². The first-order valence-corrected chi connectivity index (χ1v) is 12.1. The molecule has 2 aromatic carbocycles. The Balaban J connectivity index is 1.71. The zero-order valence-electron chi connectivity index (χ0n) is 14.7. The van der Waals surface area contributed by atoms with Gasteiger partial charge < -0.3 is 4.90 Å². The first-order valence-electron chi connectivity index (χ1n) is 9.11. The van der Waals surface area contributed by atoms with Gasteiger partial charge >= 0.3 is 0 Å². The van der Waals surface area contributed by atoms with Crippen LogP contribution in [0.25, 0.3) is 6.08 Å². The Hall–Kier alpha value is -2.12. The van der Waals surface area contributed by atoms with Crippen LogP contribution in [-0.4, -0.2) is 29.9 Å². The van der Waals surface area contributed by atoms with Gasteiger partial charge in [-0.3, -0.25) is 0 Å². The topological polar surface area (TPSA) is 71.5 Å². The van der Waals surface area contributed by atoms with Crippen LogP contribution in [-0.2, 0) is 32.5 Å². The Labute approximate surface area is 159 Å². The lowest BCUT2D eigenvalue weighted by atomic mass is 9.90. The maximum atomic E-state index is 12.9. The van der Waals surface area contributed by atoms with Crippen molar-refractivity contribution in [2.45, 2.75) is 35.5 Å². The second-order valence-corrected chi connectivity index (χ2v) is 11.3. The van der Waals surface area contributed by atoms with Crippen molar-refractivity contribution in [3.63, 3.8) is 0 Å². The van der Waals surface area contributed by atoms with Gasteiger partial charge in [0.05, 0.1) is 9.79 Å². The van der Waals surface area contributed by atoms with Crippen LogP contribution in [0.4, 0.5) is 5.69 Å². The van der Waals surface area contributed by atoms with Crippen molar-refractivity contribution in [2.24, 2.45) is 0 Å². The van der Waals surface area contributed by atoms with Crippen molar-refractivity contribution in [3.8, 4) is 0 Å². The van der Waals surface area contributed by atoms with Crippen LogP contribution in [0.3, 0.4) is 0 Å². The van der Waals surface area contributed by atoms with E-state index in [1.165, 1.54) is 35.0 Å². The summed E-state index contributed by atoms with van der Waals surface area (Å²) in [5, 5.41) is 0. The summed E-state index contributed by atoms with van der Waals surface area (Å²) in [5.74, 6) is 0. The van der Waals surface area contributed by atoms with Crippen molar-refractivity contribution in [1.29, 1.82) is 0 Å². The molecule has 7 heteroatoms. The van der Waals surface area contributed by atoms with E-state index in [1.807, 2.05) is 12.1 Å². The van der Waals surface area contributed by atoms with Crippen LogP contribution in [0.5, 0.6) is 0 Å². The van der Waals surface area contributed by atoms with Crippen molar-refractivity contribution in [2.75, 3.05) is 18.0 Å². The van der Waals surface area contributed by atoms with E-state index in [2.05, 4.69) is 4.90 Å². The molecule has 2 aromatic rings. The van der Waals surface area contributed by atoms with Gasteiger partial charge in [0.1, 0.15) is 0 Å². The molecule has 5 rings (SSSR count). The molecule has 0 saturated carbocycles. The van der Waals surface area contributed by atoms with Gasteiger partial charge in [0, 0.05) is 18.8 Å². The maximum absolute atomic E-state index is 12.9. The number of nitrogens with zero attached hydrogens (tertiary/aromatic N) is 1. The molecule has 0 amide bonds.